The molecule has 1 unspecified atom stereocenters. The summed E-state index contributed by atoms with van der Waals surface area (Å²) in [7, 11) is 0. The van der Waals surface area contributed by atoms with E-state index in [-0.39, 0.29) is 31.2 Å². The normalized spacial score (nSPS) is 21.7. The number of urea groups is 1. The van der Waals surface area contributed by atoms with Crippen molar-refractivity contribution >= 4 is 12.0 Å². The summed E-state index contributed by atoms with van der Waals surface area (Å²) >= 11 is 0. The maximum Gasteiger partial charge on any atom is 0.317 e. The van der Waals surface area contributed by atoms with Crippen molar-refractivity contribution in [2.75, 3.05) is 19.7 Å². The number of carbonyl (C=O) groups excluding carboxylic acids is 1. The van der Waals surface area contributed by atoms with Crippen LogP contribution in [0.15, 0.2) is 0 Å². The average Bonchev–Trinajstić information content (AvgIpc) is 2.36. The summed E-state index contributed by atoms with van der Waals surface area (Å²) < 4.78 is 5.53. The lowest BCUT2D eigenvalue weighted by molar-refractivity contribution is -0.138. The zero-order chi connectivity index (χ0) is 15.2. The first kappa shape index (κ1) is 16.1. The van der Waals surface area contributed by atoms with Gasteiger partial charge in [0.15, 0.2) is 0 Å². The topological polar surface area (TPSA) is 78.9 Å². The van der Waals surface area contributed by atoms with E-state index in [1.54, 1.807) is 0 Å². The van der Waals surface area contributed by atoms with Crippen molar-refractivity contribution in [3.05, 3.63) is 0 Å². The van der Waals surface area contributed by atoms with E-state index in [9.17, 15) is 9.59 Å². The van der Waals surface area contributed by atoms with E-state index in [1.165, 1.54) is 19.3 Å². The Morgan fingerprint density at radius 2 is 1.95 bits per heavy atom. The second-order valence-corrected chi connectivity index (χ2v) is 6.13. The van der Waals surface area contributed by atoms with Gasteiger partial charge in [0.1, 0.15) is 0 Å². The Hall–Kier alpha value is -1.30. The van der Waals surface area contributed by atoms with Crippen molar-refractivity contribution in [3.63, 3.8) is 0 Å². The lowest BCUT2D eigenvalue weighted by atomic mass is 9.80. The molecule has 21 heavy (non-hydrogen) atoms. The highest BCUT2D eigenvalue weighted by Crippen LogP contribution is 2.29. The summed E-state index contributed by atoms with van der Waals surface area (Å²) in [6.07, 6.45) is 5.42. The Bertz CT molecular complexity index is 363. The highest BCUT2D eigenvalue weighted by Gasteiger charge is 2.28. The van der Waals surface area contributed by atoms with Crippen LogP contribution in [0, 0.1) is 5.92 Å². The Morgan fingerprint density at radius 1 is 1.29 bits per heavy atom. The third kappa shape index (κ3) is 4.88. The smallest absolute Gasteiger partial charge is 0.317 e. The number of nitrogens with one attached hydrogen (secondary N) is 1. The second-order valence-electron chi connectivity index (χ2n) is 6.13. The molecule has 2 N–H and O–H groups in total. The van der Waals surface area contributed by atoms with E-state index >= 15 is 0 Å². The first-order chi connectivity index (χ1) is 10.1. The SMILES string of the molecule is CC(NC(=O)N1CCC(OCCC(=O)O)CC1)C1CCC1. The number of amides is 2. The molecule has 1 aliphatic heterocycles. The number of carbonyl (C=O) groups is 2. The van der Waals surface area contributed by atoms with Crippen LogP contribution in [0.4, 0.5) is 4.79 Å². The fourth-order valence-corrected chi connectivity index (χ4v) is 2.88. The molecule has 0 aromatic carbocycles. The Morgan fingerprint density at radius 3 is 2.48 bits per heavy atom. The van der Waals surface area contributed by atoms with Gasteiger partial charge in [-0.05, 0) is 38.5 Å². The molecule has 120 valence electrons. The van der Waals surface area contributed by atoms with Crippen LogP contribution in [0.3, 0.4) is 0 Å². The summed E-state index contributed by atoms with van der Waals surface area (Å²) in [4.78, 5) is 24.4. The molecule has 6 heteroatoms. The molecule has 0 aromatic heterocycles. The van der Waals surface area contributed by atoms with Gasteiger partial charge in [0, 0.05) is 19.1 Å². The van der Waals surface area contributed by atoms with Crippen molar-refractivity contribution in [3.8, 4) is 0 Å². The minimum Gasteiger partial charge on any atom is -0.481 e. The van der Waals surface area contributed by atoms with E-state index in [2.05, 4.69) is 12.2 Å². The van der Waals surface area contributed by atoms with Crippen LogP contribution in [0.2, 0.25) is 0 Å². The van der Waals surface area contributed by atoms with Gasteiger partial charge in [-0.15, -0.1) is 0 Å². The van der Waals surface area contributed by atoms with Crippen molar-refractivity contribution in [1.82, 2.24) is 10.2 Å². The first-order valence-corrected chi connectivity index (χ1v) is 7.95. The molecule has 2 amide bonds. The van der Waals surface area contributed by atoms with Gasteiger partial charge in [0.05, 0.1) is 19.1 Å². The lowest BCUT2D eigenvalue weighted by Gasteiger charge is -2.36. The molecular weight excluding hydrogens is 272 g/mol. The molecule has 2 aliphatic rings. The third-order valence-corrected chi connectivity index (χ3v) is 4.61. The maximum absolute atomic E-state index is 12.2. The molecule has 0 radical (unpaired) electrons. The standard InChI is InChI=1S/C15H26N2O4/c1-11(12-3-2-4-12)16-15(20)17-8-5-13(6-9-17)21-10-7-14(18)19/h11-13H,2-10H2,1H3,(H,16,20)(H,18,19). The van der Waals surface area contributed by atoms with E-state index in [0.29, 0.717) is 19.0 Å². The van der Waals surface area contributed by atoms with Crippen molar-refractivity contribution in [2.45, 2.75) is 57.6 Å². The van der Waals surface area contributed by atoms with E-state index < -0.39 is 5.97 Å². The highest BCUT2D eigenvalue weighted by atomic mass is 16.5. The number of hydrogen-bond acceptors (Lipinski definition) is 3. The van der Waals surface area contributed by atoms with Crippen LogP contribution in [-0.4, -0.2) is 53.8 Å². The highest BCUT2D eigenvalue weighted by molar-refractivity contribution is 5.74. The minimum absolute atomic E-state index is 0.0263. The summed E-state index contributed by atoms with van der Waals surface area (Å²) in [6.45, 7) is 3.70. The first-order valence-electron chi connectivity index (χ1n) is 7.95. The minimum atomic E-state index is -0.836. The van der Waals surface area contributed by atoms with Gasteiger partial charge in [-0.1, -0.05) is 6.42 Å². The molecule has 6 nitrogen and oxygen atoms in total. The molecule has 2 rings (SSSR count). The monoisotopic (exact) mass is 298 g/mol. The molecule has 0 aromatic rings. The van der Waals surface area contributed by atoms with Crippen molar-refractivity contribution in [1.29, 1.82) is 0 Å². The van der Waals surface area contributed by atoms with Crippen LogP contribution in [0.5, 0.6) is 0 Å². The Balaban J connectivity index is 1.63. The number of hydrogen-bond donors (Lipinski definition) is 2. The van der Waals surface area contributed by atoms with Gasteiger partial charge in [0.2, 0.25) is 0 Å². The van der Waals surface area contributed by atoms with Crippen LogP contribution in [0.1, 0.15) is 45.4 Å². The fourth-order valence-electron chi connectivity index (χ4n) is 2.88. The number of carboxylic acids is 1. The van der Waals surface area contributed by atoms with Crippen LogP contribution < -0.4 is 5.32 Å². The fraction of sp³-hybridized carbons (Fsp3) is 0.867. The number of likely N-dealkylation sites (tertiary alicyclic amines) is 1. The van der Waals surface area contributed by atoms with Gasteiger partial charge < -0.3 is 20.1 Å². The van der Waals surface area contributed by atoms with Crippen LogP contribution >= 0.6 is 0 Å². The van der Waals surface area contributed by atoms with Gasteiger partial charge >= 0.3 is 12.0 Å². The molecule has 2 fully saturated rings. The number of ether oxygens (including phenoxy) is 1. The largest absolute Gasteiger partial charge is 0.481 e. The quantitative estimate of drug-likeness (QED) is 0.784. The van der Waals surface area contributed by atoms with Crippen LogP contribution in [-0.2, 0) is 9.53 Å². The number of carboxylic acid groups (broad SMARTS) is 1. The third-order valence-electron chi connectivity index (χ3n) is 4.61. The van der Waals surface area contributed by atoms with Crippen molar-refractivity contribution in [2.24, 2.45) is 5.92 Å². The van der Waals surface area contributed by atoms with Gasteiger partial charge in [-0.3, -0.25) is 4.79 Å². The predicted octanol–water partition coefficient (Wildman–Crippen LogP) is 1.84. The van der Waals surface area contributed by atoms with E-state index in [4.69, 9.17) is 9.84 Å². The number of rotatable bonds is 6. The number of aliphatic carboxylic acids is 1. The molecule has 1 heterocycles. The predicted molar refractivity (Wildman–Crippen MR) is 78.1 cm³/mol. The second kappa shape index (κ2) is 7.64. The lowest BCUT2D eigenvalue weighted by Crippen LogP contribution is -2.50. The zero-order valence-corrected chi connectivity index (χ0v) is 12.7. The average molecular weight is 298 g/mol. The molecule has 1 atom stereocenters. The van der Waals surface area contributed by atoms with Gasteiger partial charge in [-0.25, -0.2) is 4.79 Å². The zero-order valence-electron chi connectivity index (χ0n) is 12.7. The molecule has 1 saturated heterocycles. The Labute approximate surface area is 125 Å². The van der Waals surface area contributed by atoms with Crippen LogP contribution in [0.25, 0.3) is 0 Å². The summed E-state index contributed by atoms with van der Waals surface area (Å²) in [5, 5.41) is 11.7. The molecule has 1 aliphatic carbocycles. The summed E-state index contributed by atoms with van der Waals surface area (Å²) in [6, 6.07) is 0.286. The molecule has 0 spiro atoms. The molecule has 1 saturated carbocycles. The number of nitrogens with zero attached hydrogens (tertiary/aromatic N) is 1. The number of piperidine rings is 1. The van der Waals surface area contributed by atoms with E-state index in [1.807, 2.05) is 4.90 Å². The van der Waals surface area contributed by atoms with Gasteiger partial charge in [-0.2, -0.15) is 0 Å². The molecule has 0 bridgehead atoms. The summed E-state index contributed by atoms with van der Waals surface area (Å²) in [5.41, 5.74) is 0. The van der Waals surface area contributed by atoms with Crippen molar-refractivity contribution < 1.29 is 19.4 Å². The summed E-state index contributed by atoms with van der Waals surface area (Å²) in [5.74, 6) is -0.192. The van der Waals surface area contributed by atoms with E-state index in [0.717, 1.165) is 12.8 Å². The van der Waals surface area contributed by atoms with Gasteiger partial charge in [0.25, 0.3) is 0 Å². The maximum atomic E-state index is 12.2. The molecular formula is C15H26N2O4. The Kier molecular flexibility index (Phi) is 5.85.